The number of nitrogens with zero attached hydrogens (tertiary/aromatic N) is 1. The number of halogens is 1. The minimum Gasteiger partial charge on any atom is -0.394 e. The number of likely N-dealkylation sites (tertiary alicyclic amines) is 1. The first kappa shape index (κ1) is 25.7. The molecule has 0 aliphatic carbocycles. The molecule has 2 unspecified atom stereocenters. The van der Waals surface area contributed by atoms with Gasteiger partial charge in [-0.25, -0.2) is 0 Å². The minimum absolute atomic E-state index is 0.0659. The molecular weight excluding hydrogens is 494 g/mol. The summed E-state index contributed by atoms with van der Waals surface area (Å²) in [5.74, 6) is -2.61. The van der Waals surface area contributed by atoms with E-state index in [9.17, 15) is 19.5 Å². The number of hydrogen-bond donors (Lipinski definition) is 3. The Morgan fingerprint density at radius 2 is 1.76 bits per heavy atom. The second kappa shape index (κ2) is 10.1. The quantitative estimate of drug-likeness (QED) is 0.487. The van der Waals surface area contributed by atoms with Gasteiger partial charge >= 0.3 is 0 Å². The number of benzene rings is 2. The second-order valence-corrected chi connectivity index (χ2v) is 10.7. The topological polar surface area (TPSA) is 108 Å². The summed E-state index contributed by atoms with van der Waals surface area (Å²) in [7, 11) is 0. The summed E-state index contributed by atoms with van der Waals surface area (Å²) in [6, 6.07) is 14.3. The number of amides is 3. The van der Waals surface area contributed by atoms with Crippen LogP contribution in [0.2, 0.25) is 5.02 Å². The van der Waals surface area contributed by atoms with Crippen LogP contribution in [0.25, 0.3) is 0 Å². The fourth-order valence-corrected chi connectivity index (χ4v) is 6.48. The summed E-state index contributed by atoms with van der Waals surface area (Å²) in [6.07, 6.45) is 1.31. The lowest BCUT2D eigenvalue weighted by Gasteiger charge is -2.38. The molecule has 1 spiro atoms. The van der Waals surface area contributed by atoms with E-state index in [1.165, 1.54) is 4.90 Å². The Labute approximate surface area is 221 Å². The van der Waals surface area contributed by atoms with E-state index in [4.69, 9.17) is 16.3 Å². The van der Waals surface area contributed by atoms with Gasteiger partial charge in [-0.2, -0.15) is 0 Å². The number of rotatable bonds is 8. The van der Waals surface area contributed by atoms with E-state index in [0.29, 0.717) is 35.7 Å². The Morgan fingerprint density at radius 1 is 1.11 bits per heavy atom. The predicted molar refractivity (Wildman–Crippen MR) is 140 cm³/mol. The average Bonchev–Trinajstić information content (AvgIpc) is 3.54. The van der Waals surface area contributed by atoms with E-state index >= 15 is 0 Å². The molecule has 7 atom stereocenters. The van der Waals surface area contributed by atoms with Crippen LogP contribution >= 0.6 is 11.6 Å². The molecule has 3 aliphatic rings. The van der Waals surface area contributed by atoms with E-state index in [2.05, 4.69) is 10.6 Å². The molecule has 3 amide bonds. The lowest BCUT2D eigenvalue weighted by atomic mass is 9.70. The van der Waals surface area contributed by atoms with Crippen molar-refractivity contribution < 1.29 is 24.2 Å². The molecule has 0 aromatic heterocycles. The van der Waals surface area contributed by atoms with E-state index in [1.807, 2.05) is 32.0 Å². The summed E-state index contributed by atoms with van der Waals surface area (Å²) < 4.78 is 6.47. The van der Waals surface area contributed by atoms with Crippen LogP contribution in [0.1, 0.15) is 33.1 Å². The standard InChI is InChI=1S/C28H32ClN3O5/c1-3-16(2)20(15-33)32-24(26(35)31-19-11-9-17(29)10-12-19)28-14-13-21(37-28)22(23(28)27(32)36)25(34)30-18-7-5-4-6-8-18/h4-12,16,20-24,33H,3,13-15H2,1-2H3,(H,30,34)(H,31,35)/t16-,20-,21+,22-,23-,24?,28?/m0/s1. The summed E-state index contributed by atoms with van der Waals surface area (Å²) in [5, 5.41) is 16.7. The molecule has 196 valence electrons. The minimum atomic E-state index is -1.14. The Bertz CT molecular complexity index is 1180. The number of nitrogens with one attached hydrogen (secondary N) is 2. The first-order valence-electron chi connectivity index (χ1n) is 12.8. The fraction of sp³-hybridized carbons (Fsp3) is 0.464. The highest BCUT2D eigenvalue weighted by Gasteiger charge is 2.75. The molecule has 3 fully saturated rings. The molecule has 2 bridgehead atoms. The van der Waals surface area contributed by atoms with Gasteiger partial charge in [-0.1, -0.05) is 50.1 Å². The molecule has 0 saturated carbocycles. The second-order valence-electron chi connectivity index (χ2n) is 10.3. The molecule has 2 aromatic rings. The Hall–Kier alpha value is -2.94. The normalized spacial score (nSPS) is 29.6. The maximum atomic E-state index is 14.1. The average molecular weight is 526 g/mol. The molecule has 37 heavy (non-hydrogen) atoms. The van der Waals surface area contributed by atoms with Crippen LogP contribution < -0.4 is 10.6 Å². The van der Waals surface area contributed by atoms with Gasteiger partial charge in [-0.15, -0.1) is 0 Å². The number of aliphatic hydroxyl groups excluding tert-OH is 1. The lowest BCUT2D eigenvalue weighted by molar-refractivity contribution is -0.144. The molecule has 5 rings (SSSR count). The number of fused-ring (bicyclic) bond motifs is 1. The van der Waals surface area contributed by atoms with Gasteiger partial charge in [-0.05, 0) is 55.2 Å². The van der Waals surface area contributed by atoms with E-state index in [1.54, 1.807) is 36.4 Å². The number of para-hydroxylation sites is 1. The number of hydrogen-bond acceptors (Lipinski definition) is 5. The number of carbonyl (C=O) groups is 3. The molecule has 3 aliphatic heterocycles. The monoisotopic (exact) mass is 525 g/mol. The van der Waals surface area contributed by atoms with E-state index in [-0.39, 0.29) is 24.3 Å². The van der Waals surface area contributed by atoms with Crippen LogP contribution in [0.15, 0.2) is 54.6 Å². The fourth-order valence-electron chi connectivity index (χ4n) is 6.35. The van der Waals surface area contributed by atoms with Crippen LogP contribution in [0.3, 0.4) is 0 Å². The van der Waals surface area contributed by atoms with Crippen molar-refractivity contribution in [1.82, 2.24) is 4.90 Å². The highest BCUT2D eigenvalue weighted by Crippen LogP contribution is 2.59. The summed E-state index contributed by atoms with van der Waals surface area (Å²) in [5.41, 5.74) is 0.0332. The Balaban J connectivity index is 1.52. The molecule has 0 radical (unpaired) electrons. The smallest absolute Gasteiger partial charge is 0.250 e. The Morgan fingerprint density at radius 3 is 2.41 bits per heavy atom. The van der Waals surface area contributed by atoms with Crippen molar-refractivity contribution in [1.29, 1.82) is 0 Å². The summed E-state index contributed by atoms with van der Waals surface area (Å²) in [6.45, 7) is 3.64. The van der Waals surface area contributed by atoms with Crippen LogP contribution in [-0.2, 0) is 19.1 Å². The largest absolute Gasteiger partial charge is 0.394 e. The van der Waals surface area contributed by atoms with Crippen molar-refractivity contribution in [2.45, 2.75) is 56.9 Å². The molecule has 2 aromatic carbocycles. The van der Waals surface area contributed by atoms with Crippen LogP contribution in [0.5, 0.6) is 0 Å². The van der Waals surface area contributed by atoms with Gasteiger partial charge in [-0.3, -0.25) is 14.4 Å². The molecular formula is C28H32ClN3O5. The van der Waals surface area contributed by atoms with Crippen molar-refractivity contribution in [3.8, 4) is 0 Å². The third-order valence-corrected chi connectivity index (χ3v) is 8.54. The highest BCUT2D eigenvalue weighted by molar-refractivity contribution is 6.30. The third kappa shape index (κ3) is 4.31. The summed E-state index contributed by atoms with van der Waals surface area (Å²) >= 11 is 6.00. The number of carbonyl (C=O) groups excluding carboxylic acids is 3. The first-order valence-corrected chi connectivity index (χ1v) is 13.2. The maximum absolute atomic E-state index is 14.1. The van der Waals surface area contributed by atoms with Crippen LogP contribution in [0, 0.1) is 17.8 Å². The molecule has 9 heteroatoms. The van der Waals surface area contributed by atoms with Crippen LogP contribution in [0.4, 0.5) is 11.4 Å². The van der Waals surface area contributed by atoms with Gasteiger partial charge in [0.2, 0.25) is 17.7 Å². The van der Waals surface area contributed by atoms with Gasteiger partial charge in [0, 0.05) is 16.4 Å². The molecule has 3 saturated heterocycles. The van der Waals surface area contributed by atoms with Crippen molar-refractivity contribution >= 4 is 40.7 Å². The zero-order valence-electron chi connectivity index (χ0n) is 20.9. The van der Waals surface area contributed by atoms with Gasteiger partial charge < -0.3 is 25.4 Å². The van der Waals surface area contributed by atoms with Crippen molar-refractivity contribution in [3.63, 3.8) is 0 Å². The zero-order chi connectivity index (χ0) is 26.3. The van der Waals surface area contributed by atoms with Gasteiger partial charge in [0.15, 0.2) is 0 Å². The molecule has 8 nitrogen and oxygen atoms in total. The summed E-state index contributed by atoms with van der Waals surface area (Å²) in [4.78, 5) is 43.0. The highest BCUT2D eigenvalue weighted by atomic mass is 35.5. The number of aliphatic hydroxyl groups is 1. The SMILES string of the molecule is CC[C@H](C)[C@H](CO)N1C(=O)[C@@H]2[C@@H](C(=O)Nc3ccccc3)[C@H]3CCC2(O3)C1C(=O)Nc1ccc(Cl)cc1. The molecule has 3 N–H and O–H groups in total. The van der Waals surface area contributed by atoms with E-state index in [0.717, 1.165) is 0 Å². The van der Waals surface area contributed by atoms with E-state index < -0.39 is 41.5 Å². The number of ether oxygens (including phenoxy) is 1. The van der Waals surface area contributed by atoms with Crippen molar-refractivity contribution in [2.24, 2.45) is 17.8 Å². The maximum Gasteiger partial charge on any atom is 0.250 e. The van der Waals surface area contributed by atoms with Crippen molar-refractivity contribution in [2.75, 3.05) is 17.2 Å². The van der Waals surface area contributed by atoms with Crippen molar-refractivity contribution in [3.05, 3.63) is 59.6 Å². The number of anilines is 2. The van der Waals surface area contributed by atoms with Crippen LogP contribution in [-0.4, -0.2) is 58.1 Å². The first-order chi connectivity index (χ1) is 17.8. The molecule has 3 heterocycles. The van der Waals surface area contributed by atoms with Gasteiger partial charge in [0.1, 0.15) is 11.6 Å². The predicted octanol–water partition coefficient (Wildman–Crippen LogP) is 3.70. The lowest BCUT2D eigenvalue weighted by Crippen LogP contribution is -2.57. The van der Waals surface area contributed by atoms with Gasteiger partial charge in [0.25, 0.3) is 0 Å². The Kier molecular flexibility index (Phi) is 7.00. The third-order valence-electron chi connectivity index (χ3n) is 8.29. The van der Waals surface area contributed by atoms with Gasteiger partial charge in [0.05, 0.1) is 30.6 Å². The zero-order valence-corrected chi connectivity index (χ0v) is 21.6.